The Morgan fingerprint density at radius 1 is 0.234 bits per heavy atom. The number of aromatic amines is 5. The van der Waals surface area contributed by atoms with Crippen LogP contribution in [-0.2, 0) is 44.5 Å². The normalized spacial score (nSPS) is 16.3. The highest BCUT2D eigenvalue weighted by Crippen LogP contribution is 2.47. The summed E-state index contributed by atoms with van der Waals surface area (Å²) in [6.45, 7) is 4.96. The van der Waals surface area contributed by atoms with Gasteiger partial charge in [-0.2, -0.15) is 26.3 Å². The first-order valence-corrected chi connectivity index (χ1v) is 48.6. The van der Waals surface area contributed by atoms with Crippen molar-refractivity contribution >= 4 is 84.1 Å². The largest absolute Gasteiger partial charge is 0.416 e. The van der Waals surface area contributed by atoms with Crippen molar-refractivity contribution in [2.24, 2.45) is 0 Å². The summed E-state index contributed by atoms with van der Waals surface area (Å²) in [5.41, 5.74) is 23.8. The monoisotopic (exact) mass is 1930 g/mol. The molecule has 0 saturated heterocycles. The van der Waals surface area contributed by atoms with Gasteiger partial charge >= 0.3 is 12.4 Å². The molecule has 0 aliphatic carbocycles. The predicted octanol–water partition coefficient (Wildman–Crippen LogP) is 27.3. The van der Waals surface area contributed by atoms with Crippen LogP contribution in [0.5, 0.6) is 0 Å². The number of H-pyrrole nitrogens is 5. The van der Waals surface area contributed by atoms with E-state index in [1.54, 1.807) is 21.9 Å². The molecule has 5 N–H and O–H groups in total. The standard InChI is InChI=1S/2C25H19F3N2O.C25H22N2O.C24H19FN2O.C24H20N2O/c26-25(27,28)18-10-6-9-17(15-18)24(31)30-14-13-20-19-11-4-5-12-21(19)29-22(20)23(30)16-7-2-1-3-8-16;26-25(27,28)18-12-10-17(11-13-18)24(31)30-15-14-20-19-8-4-5-9-21(19)29-22(20)23(30)16-6-2-1-3-7-16;1-17-8-7-11-19(16-17)25(28)27-15-14-21-20-12-5-6-13-22(20)26-23(21)24(27)18-9-3-2-4-10-18;25-18-12-10-17(11-13-18)24(28)27-15-14-20-19-8-4-5-9-21(19)26-22(20)23(27)16-6-2-1-3-7-16;27-24(18-11-5-2-6-12-18)26-16-15-20-19-13-7-8-14-21(19)25-22(20)23(26)17-9-3-1-4-10-17/h1-12,15,23,29H,13-14H2;1-13,23,29H,14-15H2;2-13,16,24,26H,14-15H2,1H3;1-13,23,26H,14-15H2;1-14,23,25H,15-16H2. The van der Waals surface area contributed by atoms with Crippen LogP contribution < -0.4 is 0 Å². The van der Waals surface area contributed by atoms with Crippen molar-refractivity contribution in [3.8, 4) is 0 Å². The van der Waals surface area contributed by atoms with Crippen molar-refractivity contribution in [3.63, 3.8) is 0 Å². The first-order valence-electron chi connectivity index (χ1n) is 48.6. The van der Waals surface area contributed by atoms with Gasteiger partial charge in [-0.25, -0.2) is 4.39 Å². The van der Waals surface area contributed by atoms with Crippen LogP contribution in [0.2, 0.25) is 0 Å². The third kappa shape index (κ3) is 19.0. The molecule has 15 aromatic carbocycles. The lowest BCUT2D eigenvalue weighted by molar-refractivity contribution is -0.138. The van der Waals surface area contributed by atoms with Crippen LogP contribution in [0.1, 0.15) is 183 Å². The fraction of sp³-hybridized carbons (Fsp3) is 0.146. The zero-order chi connectivity index (χ0) is 99.6. The molecule has 0 radical (unpaired) electrons. The van der Waals surface area contributed by atoms with Crippen molar-refractivity contribution in [1.29, 1.82) is 0 Å². The van der Waals surface area contributed by atoms with Gasteiger partial charge in [0.1, 0.15) is 5.82 Å². The number of nitrogens with one attached hydrogen (secondary N) is 5. The van der Waals surface area contributed by atoms with Gasteiger partial charge in [0.25, 0.3) is 29.5 Å². The second-order valence-corrected chi connectivity index (χ2v) is 37.0. The zero-order valence-electron chi connectivity index (χ0n) is 79.0. The van der Waals surface area contributed by atoms with E-state index in [2.05, 4.69) is 134 Å². The molecule has 5 aliphatic rings. The molecule has 145 heavy (non-hydrogen) atoms. The van der Waals surface area contributed by atoms with Crippen molar-refractivity contribution in [2.45, 2.75) is 81.6 Å². The lowest BCUT2D eigenvalue weighted by Gasteiger charge is -2.36. The Balaban J connectivity index is 0.000000107. The first kappa shape index (κ1) is 94.1. The predicted molar refractivity (Wildman–Crippen MR) is 554 cm³/mol. The van der Waals surface area contributed by atoms with E-state index >= 15 is 0 Å². The van der Waals surface area contributed by atoms with Gasteiger partial charge in [-0.3, -0.25) is 24.0 Å². The second-order valence-electron chi connectivity index (χ2n) is 37.0. The number of para-hydroxylation sites is 5. The molecule has 5 amide bonds. The van der Waals surface area contributed by atoms with Crippen LogP contribution in [0.3, 0.4) is 0 Å². The molecule has 5 aliphatic heterocycles. The molecule has 720 valence electrons. The molecule has 0 bridgehead atoms. The van der Waals surface area contributed by atoms with Gasteiger partial charge in [-0.15, -0.1) is 0 Å². The number of carbonyl (C=O) groups is 5. The number of aromatic nitrogens is 5. The Morgan fingerprint density at radius 3 is 0.724 bits per heavy atom. The van der Waals surface area contributed by atoms with Crippen LogP contribution in [0.15, 0.2) is 400 Å². The van der Waals surface area contributed by atoms with Crippen molar-refractivity contribution < 1.29 is 54.7 Å². The number of aryl methyl sites for hydroxylation is 1. The fourth-order valence-electron chi connectivity index (χ4n) is 21.6. The average molecular weight is 1930 g/mol. The third-order valence-electron chi connectivity index (χ3n) is 28.3. The van der Waals surface area contributed by atoms with Crippen LogP contribution >= 0.6 is 0 Å². The molecule has 5 aromatic heterocycles. The average Bonchev–Trinajstić information content (AvgIpc) is 1.63. The molecular weight excluding hydrogens is 1830 g/mol. The fourth-order valence-corrected chi connectivity index (χ4v) is 21.6. The Morgan fingerprint density at radius 2 is 0.455 bits per heavy atom. The zero-order valence-corrected chi connectivity index (χ0v) is 79.0. The van der Waals surface area contributed by atoms with Gasteiger partial charge in [0.2, 0.25) is 0 Å². The molecule has 20 aromatic rings. The number of hydrogen-bond acceptors (Lipinski definition) is 5. The second kappa shape index (κ2) is 40.5. The number of halogens is 7. The van der Waals surface area contributed by atoms with Crippen molar-refractivity contribution in [2.75, 3.05) is 32.7 Å². The van der Waals surface area contributed by atoms with E-state index in [9.17, 15) is 54.7 Å². The molecule has 0 fully saturated rings. The van der Waals surface area contributed by atoms with E-state index in [1.165, 1.54) is 74.8 Å². The lowest BCUT2D eigenvalue weighted by Crippen LogP contribution is -2.40. The van der Waals surface area contributed by atoms with Gasteiger partial charge in [0.05, 0.1) is 41.3 Å². The smallest absolute Gasteiger partial charge is 0.356 e. The summed E-state index contributed by atoms with van der Waals surface area (Å²) >= 11 is 0. The molecular formula is C123H99F7N10O5. The van der Waals surface area contributed by atoms with Gasteiger partial charge in [0, 0.05) is 144 Å². The van der Waals surface area contributed by atoms with Crippen LogP contribution in [0.25, 0.3) is 54.5 Å². The molecule has 5 unspecified atom stereocenters. The maximum absolute atomic E-state index is 13.5. The van der Waals surface area contributed by atoms with E-state index < -0.39 is 35.4 Å². The van der Waals surface area contributed by atoms with E-state index in [0.717, 1.165) is 160 Å². The maximum Gasteiger partial charge on any atom is 0.416 e. The molecule has 10 heterocycles. The number of carbonyl (C=O) groups excluding carboxylic acids is 5. The Bertz CT molecular complexity index is 8130. The number of alkyl halides is 6. The summed E-state index contributed by atoms with van der Waals surface area (Å²) in [7, 11) is 0. The van der Waals surface area contributed by atoms with Crippen molar-refractivity contribution in [1.82, 2.24) is 49.4 Å². The topological polar surface area (TPSA) is 180 Å². The van der Waals surface area contributed by atoms with Crippen LogP contribution in [-0.4, -0.2) is 112 Å². The Labute approximate surface area is 832 Å². The van der Waals surface area contributed by atoms with Gasteiger partial charge in [-0.1, -0.05) is 285 Å². The maximum atomic E-state index is 13.5. The molecule has 15 nitrogen and oxygen atoms in total. The highest BCUT2D eigenvalue weighted by Gasteiger charge is 2.43. The summed E-state index contributed by atoms with van der Waals surface area (Å²) in [5.74, 6) is -0.961. The summed E-state index contributed by atoms with van der Waals surface area (Å²) in [6.07, 6.45) is -5.11. The van der Waals surface area contributed by atoms with Crippen LogP contribution in [0, 0.1) is 12.7 Å². The van der Waals surface area contributed by atoms with E-state index in [1.807, 2.05) is 240 Å². The lowest BCUT2D eigenvalue weighted by atomic mass is 9.91. The Hall–Kier alpha value is -17.1. The van der Waals surface area contributed by atoms with Crippen molar-refractivity contribution in [3.05, 3.63) is 535 Å². The van der Waals surface area contributed by atoms with E-state index in [-0.39, 0.29) is 64.7 Å². The van der Waals surface area contributed by atoms with Gasteiger partial charge < -0.3 is 49.4 Å². The molecule has 22 heteroatoms. The van der Waals surface area contributed by atoms with Crippen LogP contribution in [0.4, 0.5) is 30.7 Å². The molecule has 5 atom stereocenters. The minimum Gasteiger partial charge on any atom is -0.356 e. The van der Waals surface area contributed by atoms with E-state index in [4.69, 9.17) is 0 Å². The summed E-state index contributed by atoms with van der Waals surface area (Å²) < 4.78 is 91.7. The van der Waals surface area contributed by atoms with Gasteiger partial charge in [-0.05, 0) is 216 Å². The Kier molecular flexibility index (Phi) is 26.3. The summed E-state index contributed by atoms with van der Waals surface area (Å²) in [6, 6.07) is 122. The molecule has 25 rings (SSSR count). The third-order valence-corrected chi connectivity index (χ3v) is 28.3. The number of benzene rings is 15. The highest BCUT2D eigenvalue weighted by molar-refractivity contribution is 6.00. The van der Waals surface area contributed by atoms with E-state index in [0.29, 0.717) is 51.1 Å². The number of nitrogens with zero attached hydrogens (tertiary/aromatic N) is 5. The number of hydrogen-bond donors (Lipinski definition) is 5. The number of amides is 5. The number of fused-ring (bicyclic) bond motifs is 15. The SMILES string of the molecule is Cc1cccc(C(=O)N2CCc3c([nH]c4ccccc34)C2c2ccccc2)c1.O=C(c1ccc(C(F)(F)F)cc1)N1CCc2c([nH]c3ccccc23)C1c1ccccc1.O=C(c1ccc(F)cc1)N1CCc2c([nH]c3ccccc23)C1c1ccccc1.O=C(c1cccc(C(F)(F)F)c1)N1CCc2c([nH]c3ccccc23)C1c1ccccc1.O=C(c1ccccc1)N1CCc2c([nH]c3ccccc23)C1c1ccccc1. The molecule has 0 saturated carbocycles. The summed E-state index contributed by atoms with van der Waals surface area (Å²) in [4.78, 5) is 94.0. The minimum absolute atomic E-state index is 0.0373. The highest BCUT2D eigenvalue weighted by atomic mass is 19.4. The summed E-state index contributed by atoms with van der Waals surface area (Å²) in [5, 5.41) is 6.00. The quantitative estimate of drug-likeness (QED) is 0.0854. The molecule has 0 spiro atoms. The number of rotatable bonds is 10. The minimum atomic E-state index is -4.50. The van der Waals surface area contributed by atoms with Gasteiger partial charge in [0.15, 0.2) is 0 Å². The first-order chi connectivity index (χ1) is 70.6.